The molecule has 0 heterocycles. The lowest BCUT2D eigenvalue weighted by Gasteiger charge is -2.22. The average molecular weight is 457 g/mol. The van der Waals surface area contributed by atoms with Crippen molar-refractivity contribution in [1.29, 1.82) is 0 Å². The Labute approximate surface area is 172 Å². The smallest absolute Gasteiger partial charge is 0.262 e. The molecule has 0 bridgehead atoms. The van der Waals surface area contributed by atoms with Gasteiger partial charge in [-0.1, -0.05) is 64.5 Å². The van der Waals surface area contributed by atoms with Crippen molar-refractivity contribution >= 4 is 49.4 Å². The van der Waals surface area contributed by atoms with Crippen molar-refractivity contribution in [3.8, 4) is 0 Å². The molecule has 2 amide bonds. The maximum Gasteiger partial charge on any atom is 0.340 e. The van der Waals surface area contributed by atoms with Gasteiger partial charge in [0, 0.05) is 4.47 Å². The summed E-state index contributed by atoms with van der Waals surface area (Å²) in [4.78, 5) is 14.1. The number of rotatable bonds is 5. The molecule has 0 saturated heterocycles. The molecule has 3 rings (SSSR count). The highest BCUT2D eigenvalue weighted by atomic mass is 79.9. The van der Waals surface area contributed by atoms with Gasteiger partial charge in [-0.05, 0) is 48.0 Å². The summed E-state index contributed by atoms with van der Waals surface area (Å²) in [5.41, 5.74) is 1.81. The van der Waals surface area contributed by atoms with Crippen LogP contribution in [0, 0.1) is 0 Å². The summed E-state index contributed by atoms with van der Waals surface area (Å²) in [6, 6.07) is 24.1. The number of benzene rings is 3. The number of urea groups is 1. The minimum atomic E-state index is -3.98. The van der Waals surface area contributed by atoms with Gasteiger partial charge < -0.3 is 0 Å². The molecule has 1 N–H and O–H groups in total. The molecule has 142 valence electrons. The molecule has 0 aliphatic rings. The molecule has 5 nitrogen and oxygen atoms in total. The van der Waals surface area contributed by atoms with E-state index in [1.165, 1.54) is 11.0 Å². The number of para-hydroxylation sites is 2. The van der Waals surface area contributed by atoms with Crippen LogP contribution in [-0.2, 0) is 10.0 Å². The van der Waals surface area contributed by atoms with Gasteiger partial charge in [0.2, 0.25) is 0 Å². The highest BCUT2D eigenvalue weighted by Gasteiger charge is 2.21. The van der Waals surface area contributed by atoms with E-state index in [1.807, 2.05) is 12.1 Å². The molecule has 3 aromatic carbocycles. The summed E-state index contributed by atoms with van der Waals surface area (Å²) in [6.07, 6.45) is 1.43. The second-order valence-electron chi connectivity index (χ2n) is 5.81. The fourth-order valence-corrected chi connectivity index (χ4v) is 3.48. The molecule has 0 aliphatic heterocycles. The summed E-state index contributed by atoms with van der Waals surface area (Å²) in [6.45, 7) is 0. The number of sulfonamides is 1. The summed E-state index contributed by atoms with van der Waals surface area (Å²) >= 11 is 3.32. The van der Waals surface area contributed by atoms with Crippen molar-refractivity contribution in [1.82, 2.24) is 4.72 Å². The Morgan fingerprint density at radius 3 is 1.82 bits per heavy atom. The minimum Gasteiger partial charge on any atom is -0.262 e. The lowest BCUT2D eigenvalue weighted by atomic mass is 10.2. The molecule has 0 aromatic heterocycles. The van der Waals surface area contributed by atoms with Gasteiger partial charge in [-0.2, -0.15) is 0 Å². The predicted molar refractivity (Wildman–Crippen MR) is 116 cm³/mol. The summed E-state index contributed by atoms with van der Waals surface area (Å²) in [5, 5.41) is 0.975. The monoisotopic (exact) mass is 456 g/mol. The Hall–Kier alpha value is -2.90. The normalized spacial score (nSPS) is 11.3. The zero-order chi connectivity index (χ0) is 20.0. The molecule has 3 aromatic rings. The van der Waals surface area contributed by atoms with Crippen LogP contribution in [-0.4, -0.2) is 14.4 Å². The van der Waals surface area contributed by atoms with E-state index in [0.29, 0.717) is 16.9 Å². The largest absolute Gasteiger partial charge is 0.340 e. The third-order valence-corrected chi connectivity index (χ3v) is 5.25. The number of nitrogens with one attached hydrogen (secondary N) is 1. The van der Waals surface area contributed by atoms with Gasteiger partial charge in [0.05, 0.1) is 16.8 Å². The maximum absolute atomic E-state index is 12.8. The lowest BCUT2D eigenvalue weighted by Crippen LogP contribution is -2.39. The first-order chi connectivity index (χ1) is 13.4. The van der Waals surface area contributed by atoms with Crippen LogP contribution in [0.15, 0.2) is 94.8 Å². The van der Waals surface area contributed by atoms with Crippen molar-refractivity contribution < 1.29 is 13.2 Å². The number of hydrogen-bond acceptors (Lipinski definition) is 3. The van der Waals surface area contributed by atoms with E-state index in [1.54, 1.807) is 72.8 Å². The van der Waals surface area contributed by atoms with Gasteiger partial charge in [-0.3, -0.25) is 4.90 Å². The Bertz CT molecular complexity index is 1030. The SMILES string of the molecule is O=C(NS(=O)(=O)C=Cc1ccc(Br)cc1)N(c1ccccc1)c1ccccc1. The van der Waals surface area contributed by atoms with Crippen LogP contribution in [0.1, 0.15) is 5.56 Å². The lowest BCUT2D eigenvalue weighted by molar-refractivity contribution is 0.253. The molecule has 0 aliphatic carbocycles. The van der Waals surface area contributed by atoms with E-state index in [9.17, 15) is 13.2 Å². The highest BCUT2D eigenvalue weighted by Crippen LogP contribution is 2.25. The van der Waals surface area contributed by atoms with Gasteiger partial charge in [0.1, 0.15) is 0 Å². The van der Waals surface area contributed by atoms with Crippen LogP contribution in [0.25, 0.3) is 6.08 Å². The van der Waals surface area contributed by atoms with Gasteiger partial charge in [0.25, 0.3) is 10.0 Å². The second-order valence-corrected chi connectivity index (χ2v) is 8.30. The highest BCUT2D eigenvalue weighted by molar-refractivity contribution is 9.10. The van der Waals surface area contributed by atoms with E-state index in [4.69, 9.17) is 0 Å². The third-order valence-electron chi connectivity index (χ3n) is 3.77. The Morgan fingerprint density at radius 1 is 0.821 bits per heavy atom. The molecule has 0 unspecified atom stereocenters. The molecular formula is C21H17BrN2O3S. The van der Waals surface area contributed by atoms with Gasteiger partial charge in [-0.25, -0.2) is 17.9 Å². The number of nitrogens with zero attached hydrogens (tertiary/aromatic N) is 1. The zero-order valence-corrected chi connectivity index (χ0v) is 17.1. The first-order valence-electron chi connectivity index (χ1n) is 8.35. The molecule has 28 heavy (non-hydrogen) atoms. The Balaban J connectivity index is 1.84. The van der Waals surface area contributed by atoms with Crippen molar-refractivity contribution in [2.45, 2.75) is 0 Å². The third kappa shape index (κ3) is 5.31. The van der Waals surface area contributed by atoms with Crippen LogP contribution in [0.2, 0.25) is 0 Å². The van der Waals surface area contributed by atoms with Gasteiger partial charge in [0.15, 0.2) is 0 Å². The molecule has 0 saturated carbocycles. The second kappa shape index (κ2) is 8.86. The first kappa shape index (κ1) is 19.9. The van der Waals surface area contributed by atoms with E-state index >= 15 is 0 Å². The number of amides is 2. The van der Waals surface area contributed by atoms with Crippen molar-refractivity contribution in [2.75, 3.05) is 4.90 Å². The van der Waals surface area contributed by atoms with Crippen molar-refractivity contribution in [3.05, 3.63) is 100 Å². The topological polar surface area (TPSA) is 66.5 Å². The van der Waals surface area contributed by atoms with E-state index in [-0.39, 0.29) is 0 Å². The standard InChI is InChI=1S/C21H17BrN2O3S/c22-18-13-11-17(12-14-18)15-16-28(26,27)23-21(25)24(19-7-3-1-4-8-19)20-9-5-2-6-10-20/h1-16H,(H,23,25). The van der Waals surface area contributed by atoms with E-state index in [2.05, 4.69) is 20.7 Å². The van der Waals surface area contributed by atoms with E-state index in [0.717, 1.165) is 9.88 Å². The molecule has 0 radical (unpaired) electrons. The van der Waals surface area contributed by atoms with Gasteiger partial charge >= 0.3 is 6.03 Å². The zero-order valence-electron chi connectivity index (χ0n) is 14.7. The van der Waals surface area contributed by atoms with Gasteiger partial charge in [-0.15, -0.1) is 0 Å². The van der Waals surface area contributed by atoms with Crippen molar-refractivity contribution in [2.24, 2.45) is 0 Å². The molecule has 0 atom stereocenters. The Morgan fingerprint density at radius 2 is 1.32 bits per heavy atom. The van der Waals surface area contributed by atoms with Crippen LogP contribution < -0.4 is 9.62 Å². The fraction of sp³-hybridized carbons (Fsp3) is 0. The van der Waals surface area contributed by atoms with Crippen LogP contribution in [0.5, 0.6) is 0 Å². The Kier molecular flexibility index (Phi) is 6.28. The quantitative estimate of drug-likeness (QED) is 0.566. The molecule has 7 heteroatoms. The number of carbonyl (C=O) groups is 1. The van der Waals surface area contributed by atoms with Crippen molar-refractivity contribution in [3.63, 3.8) is 0 Å². The number of carbonyl (C=O) groups excluding carboxylic acids is 1. The van der Waals surface area contributed by atoms with Crippen LogP contribution >= 0.6 is 15.9 Å². The fourth-order valence-electron chi connectivity index (χ4n) is 2.48. The maximum atomic E-state index is 12.8. The molecule has 0 spiro atoms. The molecule has 0 fully saturated rings. The summed E-state index contributed by atoms with van der Waals surface area (Å²) in [5.74, 6) is 0. The molecular weight excluding hydrogens is 440 g/mol. The summed E-state index contributed by atoms with van der Waals surface area (Å²) < 4.78 is 27.8. The number of halogens is 1. The summed E-state index contributed by atoms with van der Waals surface area (Å²) in [7, 11) is -3.98. The minimum absolute atomic E-state index is 0.554. The number of hydrogen-bond donors (Lipinski definition) is 1. The predicted octanol–water partition coefficient (Wildman–Crippen LogP) is 5.30. The van der Waals surface area contributed by atoms with Crippen LogP contribution in [0.4, 0.5) is 16.2 Å². The van der Waals surface area contributed by atoms with E-state index < -0.39 is 16.1 Å². The average Bonchev–Trinajstić information content (AvgIpc) is 2.69. The number of anilines is 2. The first-order valence-corrected chi connectivity index (χ1v) is 10.7. The van der Waals surface area contributed by atoms with Crippen LogP contribution in [0.3, 0.4) is 0 Å².